The molecule has 4 rings (SSSR count). The molecular formula is C26H26BrNO5. The zero-order chi connectivity index (χ0) is 23.7. The summed E-state index contributed by atoms with van der Waals surface area (Å²) in [4.78, 5) is 31.1. The first-order valence-corrected chi connectivity index (χ1v) is 11.5. The number of rotatable bonds is 5. The van der Waals surface area contributed by atoms with Crippen LogP contribution in [0.2, 0.25) is 0 Å². The van der Waals surface area contributed by atoms with Gasteiger partial charge in [0.1, 0.15) is 5.92 Å². The predicted molar refractivity (Wildman–Crippen MR) is 129 cm³/mol. The van der Waals surface area contributed by atoms with E-state index < -0.39 is 11.8 Å². The van der Waals surface area contributed by atoms with Crippen molar-refractivity contribution >= 4 is 33.4 Å². The number of hydrogen-bond donors (Lipinski definition) is 0. The number of esters is 1. The van der Waals surface area contributed by atoms with Gasteiger partial charge in [-0.15, -0.1) is 0 Å². The highest BCUT2D eigenvalue weighted by Crippen LogP contribution is 2.47. The fourth-order valence-electron chi connectivity index (χ4n) is 4.89. The first-order chi connectivity index (χ1) is 15.9. The fourth-order valence-corrected chi connectivity index (χ4v) is 5.31. The van der Waals surface area contributed by atoms with Gasteiger partial charge in [-0.3, -0.25) is 14.6 Å². The second kappa shape index (κ2) is 9.51. The normalized spacial score (nSPS) is 22.4. The lowest BCUT2D eigenvalue weighted by Gasteiger charge is -2.36. The van der Waals surface area contributed by atoms with Crippen LogP contribution in [0.3, 0.4) is 0 Å². The van der Waals surface area contributed by atoms with E-state index >= 15 is 0 Å². The van der Waals surface area contributed by atoms with Gasteiger partial charge in [0, 0.05) is 33.8 Å². The molecule has 0 aromatic heterocycles. The van der Waals surface area contributed by atoms with Crippen LogP contribution in [0.5, 0.6) is 11.5 Å². The van der Waals surface area contributed by atoms with Gasteiger partial charge in [0.05, 0.1) is 21.3 Å². The summed E-state index contributed by atoms with van der Waals surface area (Å²) in [5.41, 5.74) is 3.90. The zero-order valence-corrected chi connectivity index (χ0v) is 20.6. The third-order valence-corrected chi connectivity index (χ3v) is 6.92. The minimum absolute atomic E-state index is 0.00571. The topological polar surface area (TPSA) is 74.2 Å². The minimum Gasteiger partial charge on any atom is -0.493 e. The molecule has 0 radical (unpaired) electrons. The first kappa shape index (κ1) is 23.2. The fraction of sp³-hybridized carbons (Fsp3) is 0.346. The van der Waals surface area contributed by atoms with Crippen LogP contribution >= 0.6 is 15.9 Å². The summed E-state index contributed by atoms with van der Waals surface area (Å²) in [5, 5.41) is 0. The van der Waals surface area contributed by atoms with Gasteiger partial charge in [-0.2, -0.15) is 0 Å². The monoisotopic (exact) mass is 511 g/mol. The van der Waals surface area contributed by atoms with E-state index in [1.807, 2.05) is 49.4 Å². The molecule has 7 heteroatoms. The molecule has 0 saturated heterocycles. The number of halogens is 1. The average Bonchev–Trinajstić information content (AvgIpc) is 2.82. The van der Waals surface area contributed by atoms with Crippen molar-refractivity contribution in [3.63, 3.8) is 0 Å². The van der Waals surface area contributed by atoms with Crippen molar-refractivity contribution < 1.29 is 23.8 Å². The Morgan fingerprint density at radius 2 is 1.76 bits per heavy atom. The summed E-state index contributed by atoms with van der Waals surface area (Å²) in [7, 11) is 4.56. The molecule has 2 aliphatic rings. The van der Waals surface area contributed by atoms with Gasteiger partial charge in [0.25, 0.3) is 0 Å². The van der Waals surface area contributed by atoms with Crippen molar-refractivity contribution in [3.8, 4) is 11.5 Å². The number of benzene rings is 2. The van der Waals surface area contributed by atoms with Crippen molar-refractivity contribution in [2.24, 2.45) is 10.9 Å². The molecule has 3 atom stereocenters. The maximum atomic E-state index is 13.6. The predicted octanol–water partition coefficient (Wildman–Crippen LogP) is 5.21. The summed E-state index contributed by atoms with van der Waals surface area (Å²) in [6.45, 7) is 1.83. The Morgan fingerprint density at radius 1 is 1.00 bits per heavy atom. The second-order valence-electron chi connectivity index (χ2n) is 8.29. The lowest BCUT2D eigenvalue weighted by atomic mass is 9.69. The largest absolute Gasteiger partial charge is 0.493 e. The van der Waals surface area contributed by atoms with Crippen molar-refractivity contribution in [2.45, 2.75) is 31.6 Å². The van der Waals surface area contributed by atoms with Crippen LogP contribution in [-0.4, -0.2) is 38.8 Å². The second-order valence-corrected chi connectivity index (χ2v) is 9.21. The van der Waals surface area contributed by atoms with Gasteiger partial charge >= 0.3 is 5.97 Å². The Hall–Kier alpha value is -2.93. The molecule has 0 saturated carbocycles. The van der Waals surface area contributed by atoms with Gasteiger partial charge in [-0.25, -0.2) is 0 Å². The average molecular weight is 512 g/mol. The highest BCUT2D eigenvalue weighted by molar-refractivity contribution is 9.10. The Kier molecular flexibility index (Phi) is 6.70. The number of methoxy groups -OCH3 is 3. The molecule has 0 fully saturated rings. The molecule has 1 aliphatic carbocycles. The van der Waals surface area contributed by atoms with Gasteiger partial charge in [0.15, 0.2) is 17.3 Å². The summed E-state index contributed by atoms with van der Waals surface area (Å²) < 4.78 is 16.8. The minimum atomic E-state index is -0.635. The van der Waals surface area contributed by atoms with Crippen molar-refractivity contribution in [1.29, 1.82) is 0 Å². The molecule has 2 aromatic rings. The third kappa shape index (κ3) is 4.34. The number of aliphatic imine (C=N–C) groups is 1. The van der Waals surface area contributed by atoms with E-state index in [0.717, 1.165) is 21.3 Å². The number of hydrogen-bond acceptors (Lipinski definition) is 6. The summed E-state index contributed by atoms with van der Waals surface area (Å²) >= 11 is 3.52. The van der Waals surface area contributed by atoms with E-state index in [4.69, 9.17) is 19.2 Å². The molecule has 33 heavy (non-hydrogen) atoms. The number of carbonyl (C=O) groups excluding carboxylic acids is 2. The van der Waals surface area contributed by atoms with Crippen LogP contribution in [0.1, 0.15) is 42.7 Å². The molecule has 0 N–H and O–H groups in total. The molecule has 0 spiro atoms. The standard InChI is InChI=1S/C26H26BrNO5/c1-14-23(26(30)33-4)24(16-6-5-7-18(27)10-16)25-19(28-14)11-17(12-20(25)29)15-8-9-21(31-2)22(13-15)32-3/h5-10,13,17,23-24H,11-12H2,1-4H3/t17-,23?,24-/m0/s1. The number of ether oxygens (including phenoxy) is 3. The van der Waals surface area contributed by atoms with Crippen LogP contribution in [0.4, 0.5) is 0 Å². The molecule has 2 aromatic carbocycles. The molecule has 1 unspecified atom stereocenters. The van der Waals surface area contributed by atoms with E-state index in [-0.39, 0.29) is 17.7 Å². The summed E-state index contributed by atoms with van der Waals surface area (Å²) in [6, 6.07) is 13.5. The van der Waals surface area contributed by atoms with Crippen LogP contribution in [0, 0.1) is 5.92 Å². The number of allylic oxidation sites excluding steroid dienone is 2. The van der Waals surface area contributed by atoms with Gasteiger partial charge in [-0.05, 0) is 54.7 Å². The van der Waals surface area contributed by atoms with E-state index in [2.05, 4.69) is 15.9 Å². The number of carbonyl (C=O) groups is 2. The first-order valence-electron chi connectivity index (χ1n) is 10.7. The van der Waals surface area contributed by atoms with Gasteiger partial charge < -0.3 is 14.2 Å². The number of Topliss-reactive ketones (excluding diaryl/α,β-unsaturated/α-hetero) is 1. The zero-order valence-electron chi connectivity index (χ0n) is 19.1. The van der Waals surface area contributed by atoms with Crippen molar-refractivity contribution in [2.75, 3.05) is 21.3 Å². The van der Waals surface area contributed by atoms with Crippen LogP contribution in [0.25, 0.3) is 0 Å². The maximum absolute atomic E-state index is 13.6. The summed E-state index contributed by atoms with van der Waals surface area (Å²) in [6.07, 6.45) is 0.938. The molecular weight excluding hydrogens is 486 g/mol. The lowest BCUT2D eigenvalue weighted by Crippen LogP contribution is -2.37. The Labute approximate surface area is 201 Å². The van der Waals surface area contributed by atoms with E-state index in [1.54, 1.807) is 14.2 Å². The third-order valence-electron chi connectivity index (χ3n) is 6.43. The molecule has 172 valence electrons. The molecule has 0 amide bonds. The van der Waals surface area contributed by atoms with Gasteiger partial charge in [-0.1, -0.05) is 34.1 Å². The van der Waals surface area contributed by atoms with Gasteiger partial charge in [0.2, 0.25) is 0 Å². The smallest absolute Gasteiger partial charge is 0.315 e. The Balaban J connectivity index is 1.79. The Morgan fingerprint density at radius 3 is 2.42 bits per heavy atom. The van der Waals surface area contributed by atoms with Crippen molar-refractivity contribution in [3.05, 3.63) is 69.3 Å². The maximum Gasteiger partial charge on any atom is 0.315 e. The number of nitrogens with zero attached hydrogens (tertiary/aromatic N) is 1. The van der Waals surface area contributed by atoms with Crippen LogP contribution < -0.4 is 9.47 Å². The molecule has 6 nitrogen and oxygen atoms in total. The highest BCUT2D eigenvalue weighted by Gasteiger charge is 2.44. The number of ketones is 1. The molecule has 1 aliphatic heterocycles. The highest BCUT2D eigenvalue weighted by atomic mass is 79.9. The van der Waals surface area contributed by atoms with E-state index in [1.165, 1.54) is 7.11 Å². The van der Waals surface area contributed by atoms with Crippen LogP contribution in [-0.2, 0) is 14.3 Å². The summed E-state index contributed by atoms with van der Waals surface area (Å²) in [5.74, 6) is -0.209. The molecule has 0 bridgehead atoms. The van der Waals surface area contributed by atoms with Crippen LogP contribution in [0.15, 0.2) is 63.2 Å². The lowest BCUT2D eigenvalue weighted by molar-refractivity contribution is -0.143. The SMILES string of the molecule is COC(=O)C1C(C)=NC2=C(C(=O)C[C@@H](c3ccc(OC)c(OC)c3)C2)[C@H]1c1cccc(Br)c1. The molecule has 1 heterocycles. The quantitative estimate of drug-likeness (QED) is 0.514. The Bertz CT molecular complexity index is 1170. The van der Waals surface area contributed by atoms with E-state index in [9.17, 15) is 9.59 Å². The van der Waals surface area contributed by atoms with Crippen molar-refractivity contribution in [1.82, 2.24) is 0 Å². The van der Waals surface area contributed by atoms with E-state index in [0.29, 0.717) is 35.6 Å².